The summed E-state index contributed by atoms with van der Waals surface area (Å²) in [5, 5.41) is 3.95. The van der Waals surface area contributed by atoms with Crippen molar-refractivity contribution in [2.45, 2.75) is 38.3 Å². The fourth-order valence-electron chi connectivity index (χ4n) is 2.69. The average Bonchev–Trinajstić information content (AvgIpc) is 2.74. The number of Topliss-reactive ketones (excluding diaryl/α,β-unsaturated/α-hetero) is 1. The minimum atomic E-state index is -4.17. The number of aromatic nitrogens is 2. The van der Waals surface area contributed by atoms with Crippen LogP contribution in [0, 0.1) is 11.8 Å². The Morgan fingerprint density at radius 3 is 2.79 bits per heavy atom. The van der Waals surface area contributed by atoms with Crippen molar-refractivity contribution in [2.24, 2.45) is 18.9 Å². The van der Waals surface area contributed by atoms with Gasteiger partial charge in [-0.05, 0) is 24.8 Å². The number of halogens is 3. The molecule has 0 bridgehead atoms. The van der Waals surface area contributed by atoms with Crippen molar-refractivity contribution in [2.75, 3.05) is 0 Å². The Kier molecular flexibility index (Phi) is 3.96. The standard InChI is InChI=1S/C13H17F3N2O/c1-18-8-9(7-17-18)5-12(19)10-3-2-4-11(6-10)13(14,15)16/h7-8,10-11H,2-6H2,1H3. The lowest BCUT2D eigenvalue weighted by Gasteiger charge is -2.29. The summed E-state index contributed by atoms with van der Waals surface area (Å²) in [6.07, 6.45) is 0.475. The fraction of sp³-hybridized carbons (Fsp3) is 0.692. The first kappa shape index (κ1) is 14.1. The van der Waals surface area contributed by atoms with Gasteiger partial charge in [0.15, 0.2) is 0 Å². The van der Waals surface area contributed by atoms with Crippen LogP contribution >= 0.6 is 0 Å². The molecule has 3 nitrogen and oxygen atoms in total. The van der Waals surface area contributed by atoms with Crippen molar-refractivity contribution >= 4 is 5.78 Å². The van der Waals surface area contributed by atoms with Crippen LogP contribution in [0.3, 0.4) is 0 Å². The number of hydrogen-bond donors (Lipinski definition) is 0. The molecule has 1 aliphatic carbocycles. The van der Waals surface area contributed by atoms with Gasteiger partial charge in [-0.1, -0.05) is 6.42 Å². The van der Waals surface area contributed by atoms with Gasteiger partial charge in [0.1, 0.15) is 5.78 Å². The predicted molar refractivity (Wildman–Crippen MR) is 63.4 cm³/mol. The molecule has 2 atom stereocenters. The second-order valence-corrected chi connectivity index (χ2v) is 5.27. The number of aryl methyl sites for hydroxylation is 1. The van der Waals surface area contributed by atoms with Crippen LogP contribution in [0.2, 0.25) is 0 Å². The first-order valence-corrected chi connectivity index (χ1v) is 6.43. The molecule has 1 aliphatic rings. The molecule has 19 heavy (non-hydrogen) atoms. The summed E-state index contributed by atoms with van der Waals surface area (Å²) in [7, 11) is 1.74. The summed E-state index contributed by atoms with van der Waals surface area (Å²) >= 11 is 0. The largest absolute Gasteiger partial charge is 0.391 e. The summed E-state index contributed by atoms with van der Waals surface area (Å²) in [6.45, 7) is 0. The van der Waals surface area contributed by atoms with Crippen molar-refractivity contribution < 1.29 is 18.0 Å². The van der Waals surface area contributed by atoms with Crippen molar-refractivity contribution in [1.29, 1.82) is 0 Å². The van der Waals surface area contributed by atoms with Crippen LogP contribution in [-0.2, 0) is 18.3 Å². The number of nitrogens with zero attached hydrogens (tertiary/aromatic N) is 2. The lowest BCUT2D eigenvalue weighted by Crippen LogP contribution is -2.32. The van der Waals surface area contributed by atoms with Gasteiger partial charge in [0.25, 0.3) is 0 Å². The maximum atomic E-state index is 12.7. The van der Waals surface area contributed by atoms with Crippen LogP contribution < -0.4 is 0 Å². The molecule has 0 aliphatic heterocycles. The topological polar surface area (TPSA) is 34.9 Å². The highest BCUT2D eigenvalue weighted by Gasteiger charge is 2.43. The molecule has 0 saturated heterocycles. The van der Waals surface area contributed by atoms with E-state index in [1.165, 1.54) is 0 Å². The summed E-state index contributed by atoms with van der Waals surface area (Å²) < 4.78 is 39.6. The van der Waals surface area contributed by atoms with Gasteiger partial charge in [-0.25, -0.2) is 0 Å². The highest BCUT2D eigenvalue weighted by molar-refractivity contribution is 5.83. The smallest absolute Gasteiger partial charge is 0.299 e. The Labute approximate surface area is 109 Å². The second-order valence-electron chi connectivity index (χ2n) is 5.27. The zero-order chi connectivity index (χ0) is 14.0. The lowest BCUT2D eigenvalue weighted by molar-refractivity contribution is -0.186. The van der Waals surface area contributed by atoms with E-state index < -0.39 is 18.0 Å². The monoisotopic (exact) mass is 274 g/mol. The third-order valence-electron chi connectivity index (χ3n) is 3.73. The van der Waals surface area contributed by atoms with Crippen molar-refractivity contribution in [3.8, 4) is 0 Å². The molecule has 0 aromatic carbocycles. The van der Waals surface area contributed by atoms with E-state index in [-0.39, 0.29) is 25.0 Å². The minimum absolute atomic E-state index is 0.0530. The molecule has 0 amide bonds. The van der Waals surface area contributed by atoms with E-state index in [2.05, 4.69) is 5.10 Å². The number of rotatable bonds is 3. The molecule has 2 unspecified atom stereocenters. The van der Waals surface area contributed by atoms with Gasteiger partial charge < -0.3 is 0 Å². The van der Waals surface area contributed by atoms with Crippen molar-refractivity contribution in [3.05, 3.63) is 18.0 Å². The molecule has 0 radical (unpaired) electrons. The van der Waals surface area contributed by atoms with Gasteiger partial charge in [-0.3, -0.25) is 9.48 Å². The molecule has 1 aromatic rings. The van der Waals surface area contributed by atoms with E-state index >= 15 is 0 Å². The number of alkyl halides is 3. The van der Waals surface area contributed by atoms with E-state index in [9.17, 15) is 18.0 Å². The lowest BCUT2D eigenvalue weighted by atomic mass is 9.78. The summed E-state index contributed by atoms with van der Waals surface area (Å²) in [4.78, 5) is 12.0. The van der Waals surface area contributed by atoms with Crippen LogP contribution in [0.5, 0.6) is 0 Å². The molecule has 1 saturated carbocycles. The van der Waals surface area contributed by atoms with Crippen LogP contribution in [0.25, 0.3) is 0 Å². The maximum absolute atomic E-state index is 12.7. The summed E-state index contributed by atoms with van der Waals surface area (Å²) in [5.74, 6) is -1.87. The Bertz CT molecular complexity index is 453. The Hall–Kier alpha value is -1.33. The first-order chi connectivity index (χ1) is 8.86. The zero-order valence-electron chi connectivity index (χ0n) is 10.8. The van der Waals surface area contributed by atoms with E-state index in [4.69, 9.17) is 0 Å². The highest BCUT2D eigenvalue weighted by atomic mass is 19.4. The van der Waals surface area contributed by atoms with Gasteiger partial charge >= 0.3 is 6.18 Å². The summed E-state index contributed by atoms with van der Waals surface area (Å²) in [5.41, 5.74) is 0.765. The maximum Gasteiger partial charge on any atom is 0.391 e. The van der Waals surface area contributed by atoms with E-state index in [1.807, 2.05) is 0 Å². The zero-order valence-corrected chi connectivity index (χ0v) is 10.8. The molecular weight excluding hydrogens is 257 g/mol. The third kappa shape index (κ3) is 3.58. The number of carbonyl (C=O) groups is 1. The number of ketones is 1. The summed E-state index contributed by atoms with van der Waals surface area (Å²) in [6, 6.07) is 0. The van der Waals surface area contributed by atoms with Gasteiger partial charge in [0.05, 0.1) is 12.1 Å². The van der Waals surface area contributed by atoms with Crippen LogP contribution in [0.15, 0.2) is 12.4 Å². The third-order valence-corrected chi connectivity index (χ3v) is 3.73. The highest BCUT2D eigenvalue weighted by Crippen LogP contribution is 2.40. The van der Waals surface area contributed by atoms with E-state index in [0.29, 0.717) is 12.8 Å². The molecule has 1 aromatic heterocycles. The van der Waals surface area contributed by atoms with Gasteiger partial charge in [-0.2, -0.15) is 18.3 Å². The van der Waals surface area contributed by atoms with E-state index in [1.54, 1.807) is 24.1 Å². The average molecular weight is 274 g/mol. The minimum Gasteiger partial charge on any atom is -0.299 e. The molecule has 2 rings (SSSR count). The predicted octanol–water partition coefficient (Wildman–Crippen LogP) is 2.90. The van der Waals surface area contributed by atoms with Crippen LogP contribution in [-0.4, -0.2) is 21.7 Å². The molecule has 0 spiro atoms. The molecule has 0 N–H and O–H groups in total. The molecular formula is C13H17F3N2O. The molecule has 106 valence electrons. The molecule has 1 fully saturated rings. The Morgan fingerprint density at radius 2 is 2.21 bits per heavy atom. The van der Waals surface area contributed by atoms with Crippen molar-refractivity contribution in [1.82, 2.24) is 9.78 Å². The number of carbonyl (C=O) groups excluding carboxylic acids is 1. The fourth-order valence-corrected chi connectivity index (χ4v) is 2.69. The quantitative estimate of drug-likeness (QED) is 0.849. The molecule has 1 heterocycles. The normalized spacial score (nSPS) is 24.4. The molecule has 6 heteroatoms. The van der Waals surface area contributed by atoms with Gasteiger partial charge in [0.2, 0.25) is 0 Å². The second kappa shape index (κ2) is 5.35. The Morgan fingerprint density at radius 1 is 1.47 bits per heavy atom. The SMILES string of the molecule is Cn1cc(CC(=O)C2CCCC(C(F)(F)F)C2)cn1. The van der Waals surface area contributed by atoms with E-state index in [0.717, 1.165) is 5.56 Å². The van der Waals surface area contributed by atoms with Gasteiger partial charge in [0, 0.05) is 25.6 Å². The van der Waals surface area contributed by atoms with Crippen LogP contribution in [0.1, 0.15) is 31.2 Å². The Balaban J connectivity index is 1.95. The van der Waals surface area contributed by atoms with Crippen LogP contribution in [0.4, 0.5) is 13.2 Å². The number of hydrogen-bond acceptors (Lipinski definition) is 2. The first-order valence-electron chi connectivity index (χ1n) is 6.43. The van der Waals surface area contributed by atoms with Crippen molar-refractivity contribution in [3.63, 3.8) is 0 Å². The van der Waals surface area contributed by atoms with Gasteiger partial charge in [-0.15, -0.1) is 0 Å².